The van der Waals surface area contributed by atoms with Gasteiger partial charge in [-0.25, -0.2) is 0 Å². The molecule has 0 spiro atoms. The molecule has 136 valence electrons. The molecule has 2 aliphatic rings. The van der Waals surface area contributed by atoms with Crippen LogP contribution in [0, 0.1) is 0 Å². The molecule has 2 heterocycles. The summed E-state index contributed by atoms with van der Waals surface area (Å²) in [6.07, 6.45) is 4.21. The van der Waals surface area contributed by atoms with Crippen molar-refractivity contribution < 1.29 is 19.4 Å². The maximum Gasteiger partial charge on any atom is 0.209 e. The van der Waals surface area contributed by atoms with E-state index in [2.05, 4.69) is 4.90 Å². The Morgan fingerprint density at radius 3 is 2.57 bits per heavy atom. The predicted molar refractivity (Wildman–Crippen MR) is 90.4 cm³/mol. The summed E-state index contributed by atoms with van der Waals surface area (Å²) in [5.41, 5.74) is 0.0290. The smallest absolute Gasteiger partial charge is 0.209 e. The SMILES string of the molecule is CN(C=O)CCOC1CN2CCCC2(CO)C1.COC(C)(C)C. The first kappa shape index (κ1) is 20.4. The molecule has 0 bridgehead atoms. The van der Waals surface area contributed by atoms with Crippen LogP contribution in [0.4, 0.5) is 0 Å². The number of carbonyl (C=O) groups excluding carboxylic acids is 1. The highest BCUT2D eigenvalue weighted by Crippen LogP contribution is 2.39. The van der Waals surface area contributed by atoms with Crippen molar-refractivity contribution in [3.8, 4) is 0 Å². The Hall–Kier alpha value is -0.690. The average Bonchev–Trinajstić information content (AvgIpc) is 3.04. The standard InChI is InChI=1S/C12H22N2O3.C5H12O/c1-13(10-16)5-6-17-11-7-12(9-15)3-2-4-14(12)8-11;1-5(2,3)6-4/h10-11,15H,2-9H2,1H3;1-4H3. The largest absolute Gasteiger partial charge is 0.394 e. The molecule has 0 radical (unpaired) electrons. The van der Waals surface area contributed by atoms with Crippen LogP contribution in [0.5, 0.6) is 0 Å². The van der Waals surface area contributed by atoms with Crippen LogP contribution in [0.1, 0.15) is 40.0 Å². The Labute approximate surface area is 140 Å². The average molecular weight is 330 g/mol. The van der Waals surface area contributed by atoms with Crippen molar-refractivity contribution in [2.45, 2.75) is 57.3 Å². The molecule has 2 saturated heterocycles. The van der Waals surface area contributed by atoms with E-state index in [4.69, 9.17) is 9.47 Å². The molecule has 6 heteroatoms. The molecule has 0 aromatic heterocycles. The molecular weight excluding hydrogens is 296 g/mol. The summed E-state index contributed by atoms with van der Waals surface area (Å²) in [6, 6.07) is 0. The maximum atomic E-state index is 10.4. The number of rotatable bonds is 6. The van der Waals surface area contributed by atoms with Crippen LogP contribution in [0.25, 0.3) is 0 Å². The summed E-state index contributed by atoms with van der Waals surface area (Å²) in [7, 11) is 3.46. The molecule has 2 aliphatic heterocycles. The summed E-state index contributed by atoms with van der Waals surface area (Å²) < 4.78 is 10.7. The fraction of sp³-hybridized carbons (Fsp3) is 0.941. The van der Waals surface area contributed by atoms with Gasteiger partial charge in [-0.2, -0.15) is 0 Å². The number of aliphatic hydroxyl groups excluding tert-OH is 1. The van der Waals surface area contributed by atoms with Crippen molar-refractivity contribution >= 4 is 6.41 Å². The second-order valence-electron chi connectivity index (χ2n) is 7.53. The van der Waals surface area contributed by atoms with Gasteiger partial charge in [-0.1, -0.05) is 0 Å². The highest BCUT2D eigenvalue weighted by Gasteiger charge is 2.48. The zero-order valence-electron chi connectivity index (χ0n) is 15.4. The summed E-state index contributed by atoms with van der Waals surface area (Å²) >= 11 is 0. The van der Waals surface area contributed by atoms with Gasteiger partial charge in [-0.05, 0) is 46.6 Å². The first-order valence-electron chi connectivity index (χ1n) is 8.44. The number of amides is 1. The lowest BCUT2D eigenvalue weighted by Gasteiger charge is -2.28. The van der Waals surface area contributed by atoms with E-state index in [1.54, 1.807) is 19.1 Å². The van der Waals surface area contributed by atoms with E-state index in [9.17, 15) is 9.90 Å². The first-order valence-corrected chi connectivity index (χ1v) is 8.44. The second kappa shape index (κ2) is 8.97. The molecule has 1 amide bonds. The minimum Gasteiger partial charge on any atom is -0.394 e. The number of carbonyl (C=O) groups is 1. The molecule has 0 aromatic rings. The Balaban J connectivity index is 0.000000379. The first-order chi connectivity index (χ1) is 10.8. The Morgan fingerprint density at radius 2 is 2.09 bits per heavy atom. The van der Waals surface area contributed by atoms with E-state index < -0.39 is 0 Å². The highest BCUT2D eigenvalue weighted by atomic mass is 16.5. The van der Waals surface area contributed by atoms with Crippen LogP contribution in [-0.4, -0.2) is 85.6 Å². The van der Waals surface area contributed by atoms with E-state index in [0.717, 1.165) is 32.3 Å². The third kappa shape index (κ3) is 6.37. The number of hydrogen-bond acceptors (Lipinski definition) is 5. The Bertz CT molecular complexity index is 359. The maximum absolute atomic E-state index is 10.4. The van der Waals surface area contributed by atoms with Gasteiger partial charge in [0.25, 0.3) is 0 Å². The molecule has 1 N–H and O–H groups in total. The number of nitrogens with zero attached hydrogens (tertiary/aromatic N) is 2. The summed E-state index contributed by atoms with van der Waals surface area (Å²) in [6.45, 7) is 9.51. The molecule has 6 nitrogen and oxygen atoms in total. The van der Waals surface area contributed by atoms with E-state index in [0.29, 0.717) is 13.2 Å². The zero-order valence-corrected chi connectivity index (χ0v) is 15.4. The summed E-state index contributed by atoms with van der Waals surface area (Å²) in [5.74, 6) is 0. The van der Waals surface area contributed by atoms with Crippen LogP contribution >= 0.6 is 0 Å². The van der Waals surface area contributed by atoms with Crippen molar-refractivity contribution in [2.75, 3.05) is 47.0 Å². The number of fused-ring (bicyclic) bond motifs is 1. The van der Waals surface area contributed by atoms with Gasteiger partial charge in [-0.15, -0.1) is 0 Å². The topological polar surface area (TPSA) is 62.2 Å². The molecule has 2 unspecified atom stereocenters. The summed E-state index contributed by atoms with van der Waals surface area (Å²) in [5, 5.41) is 9.54. The third-order valence-electron chi connectivity index (χ3n) is 4.66. The monoisotopic (exact) mass is 330 g/mol. The van der Waals surface area contributed by atoms with Crippen LogP contribution in [0.3, 0.4) is 0 Å². The van der Waals surface area contributed by atoms with Gasteiger partial charge < -0.3 is 19.5 Å². The van der Waals surface area contributed by atoms with Crippen LogP contribution in [0.2, 0.25) is 0 Å². The minimum atomic E-state index is -0.0127. The van der Waals surface area contributed by atoms with E-state index in [1.165, 1.54) is 6.42 Å². The number of ether oxygens (including phenoxy) is 2. The number of likely N-dealkylation sites (N-methyl/N-ethyl adjacent to an activating group) is 1. The number of methoxy groups -OCH3 is 1. The number of hydrogen-bond donors (Lipinski definition) is 1. The lowest BCUT2D eigenvalue weighted by Crippen LogP contribution is -2.41. The van der Waals surface area contributed by atoms with Crippen LogP contribution in [-0.2, 0) is 14.3 Å². The lowest BCUT2D eigenvalue weighted by molar-refractivity contribution is -0.117. The van der Waals surface area contributed by atoms with Gasteiger partial charge in [0.05, 0.1) is 24.9 Å². The molecule has 2 atom stereocenters. The Morgan fingerprint density at radius 1 is 1.43 bits per heavy atom. The van der Waals surface area contributed by atoms with Crippen LogP contribution in [0.15, 0.2) is 0 Å². The van der Waals surface area contributed by atoms with Crippen molar-refractivity contribution in [3.05, 3.63) is 0 Å². The molecule has 0 aromatic carbocycles. The molecular formula is C17H34N2O4. The van der Waals surface area contributed by atoms with Gasteiger partial charge in [0, 0.05) is 32.8 Å². The summed E-state index contributed by atoms with van der Waals surface area (Å²) in [4.78, 5) is 14.4. The molecule has 0 saturated carbocycles. The van der Waals surface area contributed by atoms with Gasteiger partial charge >= 0.3 is 0 Å². The molecule has 2 fully saturated rings. The highest BCUT2D eigenvalue weighted by molar-refractivity contribution is 5.46. The normalized spacial score (nSPS) is 27.3. The lowest BCUT2D eigenvalue weighted by atomic mass is 9.94. The molecule has 2 rings (SSSR count). The number of aliphatic hydroxyl groups is 1. The van der Waals surface area contributed by atoms with E-state index in [1.807, 2.05) is 20.8 Å². The van der Waals surface area contributed by atoms with Crippen LogP contribution < -0.4 is 0 Å². The van der Waals surface area contributed by atoms with Gasteiger partial charge in [-0.3, -0.25) is 9.69 Å². The predicted octanol–water partition coefficient (Wildman–Crippen LogP) is 1.12. The molecule has 23 heavy (non-hydrogen) atoms. The van der Waals surface area contributed by atoms with Crippen molar-refractivity contribution in [2.24, 2.45) is 0 Å². The van der Waals surface area contributed by atoms with Gasteiger partial charge in [0.1, 0.15) is 0 Å². The van der Waals surface area contributed by atoms with Crippen molar-refractivity contribution in [1.29, 1.82) is 0 Å². The van der Waals surface area contributed by atoms with Crippen molar-refractivity contribution in [3.63, 3.8) is 0 Å². The zero-order chi connectivity index (χ0) is 17.5. The molecule has 0 aliphatic carbocycles. The third-order valence-corrected chi connectivity index (χ3v) is 4.66. The van der Waals surface area contributed by atoms with E-state index >= 15 is 0 Å². The fourth-order valence-electron chi connectivity index (χ4n) is 3.02. The quantitative estimate of drug-likeness (QED) is 0.740. The second-order valence-corrected chi connectivity index (χ2v) is 7.53. The Kier molecular flexibility index (Phi) is 7.94. The van der Waals surface area contributed by atoms with Gasteiger partial charge in [0.2, 0.25) is 6.41 Å². The van der Waals surface area contributed by atoms with E-state index in [-0.39, 0.29) is 23.9 Å². The fourth-order valence-corrected chi connectivity index (χ4v) is 3.02. The van der Waals surface area contributed by atoms with Crippen molar-refractivity contribution in [1.82, 2.24) is 9.80 Å². The minimum absolute atomic E-state index is 0.0127. The van der Waals surface area contributed by atoms with Gasteiger partial charge in [0.15, 0.2) is 0 Å².